The molecule has 0 fully saturated rings. The van der Waals surface area contributed by atoms with Gasteiger partial charge in [0.05, 0.1) is 0 Å². The molecule has 0 amide bonds. The van der Waals surface area contributed by atoms with Crippen molar-refractivity contribution < 1.29 is 4.39 Å². The van der Waals surface area contributed by atoms with Gasteiger partial charge in [0.15, 0.2) is 0 Å². The fourth-order valence-electron chi connectivity index (χ4n) is 2.04. The number of halogens is 1. The molecule has 0 aliphatic heterocycles. The molecule has 0 saturated carbocycles. The van der Waals surface area contributed by atoms with Crippen LogP contribution in [0.15, 0.2) is 24.3 Å². The summed E-state index contributed by atoms with van der Waals surface area (Å²) in [5.41, 5.74) is 7.90. The van der Waals surface area contributed by atoms with Gasteiger partial charge in [0.2, 0.25) is 0 Å². The zero-order valence-electron chi connectivity index (χ0n) is 7.54. The maximum absolute atomic E-state index is 13.3. The summed E-state index contributed by atoms with van der Waals surface area (Å²) < 4.78 is 13.3. The molecule has 1 aliphatic carbocycles. The van der Waals surface area contributed by atoms with E-state index in [2.05, 4.69) is 12.1 Å². The van der Waals surface area contributed by atoms with Crippen LogP contribution in [0, 0.1) is 5.92 Å². The van der Waals surface area contributed by atoms with Gasteiger partial charge < -0.3 is 5.73 Å². The Labute approximate surface area is 77.8 Å². The molecule has 1 nitrogen and oxygen atoms in total. The van der Waals surface area contributed by atoms with E-state index in [1.165, 1.54) is 11.1 Å². The van der Waals surface area contributed by atoms with Crippen molar-refractivity contribution in [2.45, 2.75) is 19.0 Å². The molecule has 1 aliphatic rings. The highest BCUT2D eigenvalue weighted by Gasteiger charge is 2.27. The van der Waals surface area contributed by atoms with E-state index >= 15 is 0 Å². The van der Waals surface area contributed by atoms with Gasteiger partial charge in [-0.2, -0.15) is 0 Å². The topological polar surface area (TPSA) is 26.0 Å². The highest BCUT2D eigenvalue weighted by molar-refractivity contribution is 5.32. The number of hydrogen-bond acceptors (Lipinski definition) is 1. The molecule has 0 heterocycles. The Bertz CT molecular complexity index is 273. The largest absolute Gasteiger partial charge is 0.328 e. The van der Waals surface area contributed by atoms with Crippen LogP contribution in [0.5, 0.6) is 0 Å². The lowest BCUT2D eigenvalue weighted by atomic mass is 10.0. The normalized spacial score (nSPS) is 18.6. The zero-order chi connectivity index (χ0) is 9.26. The smallest absolute Gasteiger partial charge is 0.116 e. The molecular weight excluding hydrogens is 165 g/mol. The number of fused-ring (bicyclic) bond motifs is 1. The van der Waals surface area contributed by atoms with E-state index in [1.807, 2.05) is 12.1 Å². The van der Waals surface area contributed by atoms with E-state index in [0.717, 1.165) is 12.8 Å². The number of benzene rings is 1. The fraction of sp³-hybridized carbons (Fsp3) is 0.455. The molecule has 0 unspecified atom stereocenters. The van der Waals surface area contributed by atoms with E-state index in [4.69, 9.17) is 5.73 Å². The molecule has 0 saturated heterocycles. The first kappa shape index (κ1) is 8.70. The number of nitrogens with two attached hydrogens (primary N) is 1. The molecule has 1 aromatic carbocycles. The van der Waals surface area contributed by atoms with Gasteiger partial charge in [0.25, 0.3) is 0 Å². The summed E-state index contributed by atoms with van der Waals surface area (Å²) in [6.07, 6.45) is 0.871. The van der Waals surface area contributed by atoms with Crippen molar-refractivity contribution in [3.63, 3.8) is 0 Å². The van der Waals surface area contributed by atoms with Crippen LogP contribution < -0.4 is 5.73 Å². The summed E-state index contributed by atoms with van der Waals surface area (Å²) in [6, 6.07) is 8.19. The summed E-state index contributed by atoms with van der Waals surface area (Å²) in [7, 11) is 0. The second-order valence-electron chi connectivity index (χ2n) is 3.69. The summed E-state index contributed by atoms with van der Waals surface area (Å²) in [5, 5.41) is 0. The first-order valence-corrected chi connectivity index (χ1v) is 4.72. The van der Waals surface area contributed by atoms with Crippen molar-refractivity contribution in [2.75, 3.05) is 6.54 Å². The Balaban J connectivity index is 2.14. The minimum atomic E-state index is -0.840. The third-order valence-corrected chi connectivity index (χ3v) is 2.82. The van der Waals surface area contributed by atoms with Gasteiger partial charge in [-0.3, -0.25) is 0 Å². The molecule has 2 rings (SSSR count). The molecule has 1 aromatic rings. The SMILES string of the molecule is NC[C@@H](F)C1Cc2ccccc2C1. The fourth-order valence-corrected chi connectivity index (χ4v) is 2.04. The first-order valence-electron chi connectivity index (χ1n) is 4.72. The molecule has 0 spiro atoms. The minimum Gasteiger partial charge on any atom is -0.328 e. The predicted molar refractivity (Wildman–Crippen MR) is 51.3 cm³/mol. The summed E-state index contributed by atoms with van der Waals surface area (Å²) in [4.78, 5) is 0. The van der Waals surface area contributed by atoms with E-state index in [0.29, 0.717) is 0 Å². The molecular formula is C11H14FN. The van der Waals surface area contributed by atoms with E-state index in [-0.39, 0.29) is 12.5 Å². The van der Waals surface area contributed by atoms with Crippen molar-refractivity contribution in [2.24, 2.45) is 11.7 Å². The van der Waals surface area contributed by atoms with Gasteiger partial charge in [-0.15, -0.1) is 0 Å². The minimum absolute atomic E-state index is 0.113. The third kappa shape index (κ3) is 1.59. The van der Waals surface area contributed by atoms with Crippen LogP contribution in [0.4, 0.5) is 4.39 Å². The molecule has 0 bridgehead atoms. The molecule has 0 aromatic heterocycles. The number of hydrogen-bond donors (Lipinski definition) is 1. The van der Waals surface area contributed by atoms with Crippen molar-refractivity contribution in [1.29, 1.82) is 0 Å². The van der Waals surface area contributed by atoms with E-state index in [9.17, 15) is 4.39 Å². The number of rotatable bonds is 2. The monoisotopic (exact) mass is 179 g/mol. The Morgan fingerprint density at radius 2 is 1.85 bits per heavy atom. The van der Waals surface area contributed by atoms with Crippen LogP contribution in [0.1, 0.15) is 11.1 Å². The lowest BCUT2D eigenvalue weighted by Crippen LogP contribution is -2.25. The maximum Gasteiger partial charge on any atom is 0.116 e. The Morgan fingerprint density at radius 3 is 2.31 bits per heavy atom. The Morgan fingerprint density at radius 1 is 1.31 bits per heavy atom. The van der Waals surface area contributed by atoms with Crippen molar-refractivity contribution >= 4 is 0 Å². The summed E-state index contributed by atoms with van der Waals surface area (Å²) in [6.45, 7) is 0.151. The standard InChI is InChI=1S/C11H14FN/c12-11(7-13)10-5-8-3-1-2-4-9(8)6-10/h1-4,10-11H,5-7,13H2/t11-/m1/s1. The van der Waals surface area contributed by atoms with Crippen LogP contribution in [-0.4, -0.2) is 12.7 Å². The number of alkyl halides is 1. The van der Waals surface area contributed by atoms with Gasteiger partial charge in [0, 0.05) is 6.54 Å². The molecule has 70 valence electrons. The van der Waals surface area contributed by atoms with Crippen molar-refractivity contribution in [3.8, 4) is 0 Å². The predicted octanol–water partition coefficient (Wildman–Crippen LogP) is 1.70. The average molecular weight is 179 g/mol. The zero-order valence-corrected chi connectivity index (χ0v) is 7.54. The highest BCUT2D eigenvalue weighted by Crippen LogP contribution is 2.29. The van der Waals surface area contributed by atoms with Gasteiger partial charge in [-0.1, -0.05) is 24.3 Å². The second kappa shape index (κ2) is 3.46. The first-order chi connectivity index (χ1) is 6.31. The van der Waals surface area contributed by atoms with Crippen molar-refractivity contribution in [3.05, 3.63) is 35.4 Å². The molecule has 1 atom stereocenters. The second-order valence-corrected chi connectivity index (χ2v) is 3.69. The molecule has 2 N–H and O–H groups in total. The van der Waals surface area contributed by atoms with Gasteiger partial charge in [-0.05, 0) is 29.9 Å². The van der Waals surface area contributed by atoms with E-state index < -0.39 is 6.17 Å². The van der Waals surface area contributed by atoms with E-state index in [1.54, 1.807) is 0 Å². The average Bonchev–Trinajstić information content (AvgIpc) is 2.59. The highest BCUT2D eigenvalue weighted by atomic mass is 19.1. The Kier molecular flexibility index (Phi) is 2.32. The third-order valence-electron chi connectivity index (χ3n) is 2.82. The van der Waals surface area contributed by atoms with Crippen LogP contribution >= 0.6 is 0 Å². The van der Waals surface area contributed by atoms with Crippen LogP contribution in [0.3, 0.4) is 0 Å². The lowest BCUT2D eigenvalue weighted by molar-refractivity contribution is 0.241. The lowest BCUT2D eigenvalue weighted by Gasteiger charge is -2.12. The molecule has 13 heavy (non-hydrogen) atoms. The van der Waals surface area contributed by atoms with Crippen LogP contribution in [-0.2, 0) is 12.8 Å². The van der Waals surface area contributed by atoms with Crippen LogP contribution in [0.25, 0.3) is 0 Å². The van der Waals surface area contributed by atoms with Crippen molar-refractivity contribution in [1.82, 2.24) is 0 Å². The van der Waals surface area contributed by atoms with Gasteiger partial charge >= 0.3 is 0 Å². The maximum atomic E-state index is 13.3. The molecule has 0 radical (unpaired) electrons. The van der Waals surface area contributed by atoms with Gasteiger partial charge in [0.1, 0.15) is 6.17 Å². The quantitative estimate of drug-likeness (QED) is 0.734. The van der Waals surface area contributed by atoms with Crippen LogP contribution in [0.2, 0.25) is 0 Å². The summed E-state index contributed by atoms with van der Waals surface area (Å²) in [5.74, 6) is 0.113. The molecule has 2 heteroatoms. The Hall–Kier alpha value is -0.890. The summed E-state index contributed by atoms with van der Waals surface area (Å²) >= 11 is 0. The van der Waals surface area contributed by atoms with Gasteiger partial charge in [-0.25, -0.2) is 4.39 Å².